The second-order valence-corrected chi connectivity index (χ2v) is 5.99. The van der Waals surface area contributed by atoms with Gasteiger partial charge in [-0.05, 0) is 36.8 Å². The van der Waals surface area contributed by atoms with Crippen molar-refractivity contribution in [2.45, 2.75) is 12.8 Å². The number of hydrogen-bond donors (Lipinski definition) is 3. The van der Waals surface area contributed by atoms with Crippen LogP contribution in [0.5, 0.6) is 0 Å². The molecule has 0 atom stereocenters. The molecule has 26 heavy (non-hydrogen) atoms. The van der Waals surface area contributed by atoms with Crippen LogP contribution < -0.4 is 10.6 Å². The van der Waals surface area contributed by atoms with Crippen LogP contribution in [0.15, 0.2) is 55.0 Å². The first-order chi connectivity index (χ1) is 12.8. The lowest BCUT2D eigenvalue weighted by Gasteiger charge is -2.08. The van der Waals surface area contributed by atoms with Crippen molar-refractivity contribution in [3.05, 3.63) is 55.0 Å². The monoisotopic (exact) mass is 346 g/mol. The predicted molar refractivity (Wildman–Crippen MR) is 102 cm³/mol. The quantitative estimate of drug-likeness (QED) is 0.465. The standard InChI is InChI=1S/C19H18N6O/c26-18(24-14-8-7-13-11-23-25-17(13)10-14)6-3-9-20-19-15-4-1-2-5-16(15)21-12-22-19/h1-2,4-5,7-8,10-12H,3,6,9H2,(H,23,25)(H,24,26)(H,20,21,22). The summed E-state index contributed by atoms with van der Waals surface area (Å²) in [5.74, 6) is 0.777. The van der Waals surface area contributed by atoms with E-state index in [9.17, 15) is 4.79 Å². The molecular weight excluding hydrogens is 328 g/mol. The van der Waals surface area contributed by atoms with Crippen LogP contribution >= 0.6 is 0 Å². The highest BCUT2D eigenvalue weighted by atomic mass is 16.1. The SMILES string of the molecule is O=C(CCCNc1ncnc2ccccc12)Nc1ccc2cn[nH]c2c1. The summed E-state index contributed by atoms with van der Waals surface area (Å²) in [5.41, 5.74) is 2.57. The van der Waals surface area contributed by atoms with Gasteiger partial charge >= 0.3 is 0 Å². The summed E-state index contributed by atoms with van der Waals surface area (Å²) >= 11 is 0. The third-order valence-corrected chi connectivity index (χ3v) is 4.14. The van der Waals surface area contributed by atoms with E-state index in [1.165, 1.54) is 0 Å². The van der Waals surface area contributed by atoms with E-state index in [-0.39, 0.29) is 5.91 Å². The van der Waals surface area contributed by atoms with Crippen molar-refractivity contribution in [3.63, 3.8) is 0 Å². The number of nitrogens with one attached hydrogen (secondary N) is 3. The number of aromatic amines is 1. The minimum absolute atomic E-state index is 0.0155. The number of rotatable bonds is 6. The second-order valence-electron chi connectivity index (χ2n) is 5.99. The summed E-state index contributed by atoms with van der Waals surface area (Å²) in [4.78, 5) is 20.6. The Labute approximate surface area is 149 Å². The Balaban J connectivity index is 1.29. The zero-order valence-corrected chi connectivity index (χ0v) is 14.1. The van der Waals surface area contributed by atoms with Crippen molar-refractivity contribution in [3.8, 4) is 0 Å². The first-order valence-corrected chi connectivity index (χ1v) is 8.46. The first kappa shape index (κ1) is 16.0. The summed E-state index contributed by atoms with van der Waals surface area (Å²) < 4.78 is 0. The van der Waals surface area contributed by atoms with Crippen molar-refractivity contribution < 1.29 is 4.79 Å². The molecule has 7 nitrogen and oxygen atoms in total. The fourth-order valence-corrected chi connectivity index (χ4v) is 2.84. The van der Waals surface area contributed by atoms with Gasteiger partial charge in [0.1, 0.15) is 12.1 Å². The highest BCUT2D eigenvalue weighted by Crippen LogP contribution is 2.19. The van der Waals surface area contributed by atoms with E-state index in [0.717, 1.165) is 33.3 Å². The van der Waals surface area contributed by atoms with Gasteiger partial charge in [-0.25, -0.2) is 9.97 Å². The van der Waals surface area contributed by atoms with Gasteiger partial charge in [-0.1, -0.05) is 12.1 Å². The molecule has 0 spiro atoms. The summed E-state index contributed by atoms with van der Waals surface area (Å²) in [6.07, 6.45) is 4.43. The Bertz CT molecular complexity index is 1050. The third kappa shape index (κ3) is 3.46. The molecule has 7 heteroatoms. The van der Waals surface area contributed by atoms with Gasteiger partial charge in [0.05, 0.1) is 17.2 Å². The van der Waals surface area contributed by atoms with Gasteiger partial charge in [-0.15, -0.1) is 0 Å². The molecule has 4 aromatic rings. The molecule has 0 unspecified atom stereocenters. The summed E-state index contributed by atoms with van der Waals surface area (Å²) in [7, 11) is 0. The van der Waals surface area contributed by atoms with E-state index in [2.05, 4.69) is 30.8 Å². The smallest absolute Gasteiger partial charge is 0.224 e. The number of fused-ring (bicyclic) bond motifs is 2. The zero-order valence-electron chi connectivity index (χ0n) is 14.1. The van der Waals surface area contributed by atoms with E-state index in [1.54, 1.807) is 12.5 Å². The van der Waals surface area contributed by atoms with E-state index < -0.39 is 0 Å². The van der Waals surface area contributed by atoms with Crippen LogP contribution in [-0.2, 0) is 4.79 Å². The molecular formula is C19H18N6O. The maximum absolute atomic E-state index is 12.1. The van der Waals surface area contributed by atoms with E-state index in [1.807, 2.05) is 42.5 Å². The Kier molecular flexibility index (Phi) is 4.42. The molecule has 4 rings (SSSR count). The fraction of sp³-hybridized carbons (Fsp3) is 0.158. The number of carbonyl (C=O) groups excluding carboxylic acids is 1. The van der Waals surface area contributed by atoms with E-state index >= 15 is 0 Å². The molecule has 0 aliphatic carbocycles. The van der Waals surface area contributed by atoms with Crippen LogP contribution in [0.4, 0.5) is 11.5 Å². The average molecular weight is 346 g/mol. The number of carbonyl (C=O) groups is 1. The molecule has 0 bridgehead atoms. The van der Waals surface area contributed by atoms with Gasteiger partial charge in [0, 0.05) is 29.4 Å². The third-order valence-electron chi connectivity index (χ3n) is 4.14. The highest BCUT2D eigenvalue weighted by Gasteiger charge is 2.05. The fourth-order valence-electron chi connectivity index (χ4n) is 2.84. The zero-order chi connectivity index (χ0) is 17.8. The number of benzene rings is 2. The highest BCUT2D eigenvalue weighted by molar-refractivity contribution is 5.93. The number of amides is 1. The lowest BCUT2D eigenvalue weighted by Crippen LogP contribution is -2.13. The maximum Gasteiger partial charge on any atom is 0.224 e. The van der Waals surface area contributed by atoms with Gasteiger partial charge in [0.25, 0.3) is 0 Å². The Morgan fingerprint density at radius 3 is 3.00 bits per heavy atom. The molecule has 3 N–H and O–H groups in total. The van der Waals surface area contributed by atoms with Crippen molar-refractivity contribution >= 4 is 39.2 Å². The molecule has 0 saturated carbocycles. The van der Waals surface area contributed by atoms with Gasteiger partial charge in [0.15, 0.2) is 0 Å². The number of H-pyrrole nitrogens is 1. The molecule has 0 radical (unpaired) electrons. The summed E-state index contributed by atoms with van der Waals surface area (Å²) in [5, 5.41) is 15.1. The predicted octanol–water partition coefficient (Wildman–Crippen LogP) is 3.34. The summed E-state index contributed by atoms with van der Waals surface area (Å²) in [6.45, 7) is 0.661. The normalized spacial score (nSPS) is 10.9. The van der Waals surface area contributed by atoms with Crippen LogP contribution in [0.25, 0.3) is 21.8 Å². The lowest BCUT2D eigenvalue weighted by molar-refractivity contribution is -0.116. The summed E-state index contributed by atoms with van der Waals surface area (Å²) in [6, 6.07) is 13.5. The molecule has 0 fully saturated rings. The molecule has 1 amide bonds. The molecule has 130 valence electrons. The van der Waals surface area contributed by atoms with Gasteiger partial charge < -0.3 is 10.6 Å². The topological polar surface area (TPSA) is 95.6 Å². The van der Waals surface area contributed by atoms with Crippen molar-refractivity contribution in [1.29, 1.82) is 0 Å². The number of nitrogens with zero attached hydrogens (tertiary/aromatic N) is 3. The van der Waals surface area contributed by atoms with Crippen molar-refractivity contribution in [2.24, 2.45) is 0 Å². The van der Waals surface area contributed by atoms with Gasteiger partial charge in [0.2, 0.25) is 5.91 Å². The Morgan fingerprint density at radius 2 is 2.04 bits per heavy atom. The molecule has 2 heterocycles. The molecule has 0 saturated heterocycles. The van der Waals surface area contributed by atoms with E-state index in [4.69, 9.17) is 0 Å². The molecule has 0 aliphatic heterocycles. The second kappa shape index (κ2) is 7.18. The van der Waals surface area contributed by atoms with Crippen LogP contribution in [0.1, 0.15) is 12.8 Å². The Hall–Kier alpha value is -3.48. The lowest BCUT2D eigenvalue weighted by atomic mass is 10.2. The number of hydrogen-bond acceptors (Lipinski definition) is 5. The Morgan fingerprint density at radius 1 is 1.12 bits per heavy atom. The van der Waals surface area contributed by atoms with Crippen molar-refractivity contribution in [2.75, 3.05) is 17.2 Å². The van der Waals surface area contributed by atoms with Gasteiger partial charge in [-0.2, -0.15) is 5.10 Å². The van der Waals surface area contributed by atoms with Crippen LogP contribution in [0.2, 0.25) is 0 Å². The van der Waals surface area contributed by atoms with Crippen molar-refractivity contribution in [1.82, 2.24) is 20.2 Å². The molecule has 2 aromatic carbocycles. The number of para-hydroxylation sites is 1. The largest absolute Gasteiger partial charge is 0.369 e. The first-order valence-electron chi connectivity index (χ1n) is 8.46. The average Bonchev–Trinajstić information content (AvgIpc) is 3.13. The number of anilines is 2. The minimum atomic E-state index is -0.0155. The van der Waals surface area contributed by atoms with E-state index in [0.29, 0.717) is 19.4 Å². The van der Waals surface area contributed by atoms with Crippen LogP contribution in [0.3, 0.4) is 0 Å². The minimum Gasteiger partial charge on any atom is -0.369 e. The maximum atomic E-state index is 12.1. The van der Waals surface area contributed by atoms with Gasteiger partial charge in [-0.3, -0.25) is 9.89 Å². The number of aromatic nitrogens is 4. The van der Waals surface area contributed by atoms with Crippen LogP contribution in [-0.4, -0.2) is 32.6 Å². The van der Waals surface area contributed by atoms with Crippen LogP contribution in [0, 0.1) is 0 Å². The molecule has 2 aromatic heterocycles. The molecule has 0 aliphatic rings.